The number of benzene rings is 1. The second kappa shape index (κ2) is 6.36. The first-order valence-electron chi connectivity index (χ1n) is 5.42. The zero-order valence-corrected chi connectivity index (χ0v) is 12.7. The molecular weight excluding hydrogens is 336 g/mol. The van der Waals surface area contributed by atoms with Gasteiger partial charge in [-0.2, -0.15) is 0 Å². The number of carbonyl (C=O) groups is 1. The van der Waals surface area contributed by atoms with E-state index in [2.05, 4.69) is 21.2 Å². The number of sulfone groups is 1. The third kappa shape index (κ3) is 5.58. The summed E-state index contributed by atoms with van der Waals surface area (Å²) < 4.78 is 22.6. The fourth-order valence-corrected chi connectivity index (χ4v) is 2.35. The minimum absolute atomic E-state index is 0.0272. The third-order valence-electron chi connectivity index (χ3n) is 2.35. The quantitative estimate of drug-likeness (QED) is 0.682. The average molecular weight is 351 g/mol. The van der Waals surface area contributed by atoms with Crippen LogP contribution in [0.1, 0.15) is 6.42 Å². The highest BCUT2D eigenvalue weighted by molar-refractivity contribution is 9.10. The highest BCUT2D eigenvalue weighted by Gasteiger charge is 2.17. The molecule has 0 radical (unpaired) electrons. The Labute approximate surface area is 120 Å². The predicted molar refractivity (Wildman–Crippen MR) is 76.7 cm³/mol. The molecule has 4 N–H and O–H groups in total. The summed E-state index contributed by atoms with van der Waals surface area (Å²) in [7, 11) is -3.16. The summed E-state index contributed by atoms with van der Waals surface area (Å²) >= 11 is 3.21. The number of rotatable bonds is 5. The van der Waals surface area contributed by atoms with Crippen LogP contribution in [0.5, 0.6) is 5.75 Å². The molecular formula is C11H15BrN2O4S. The number of phenolic OH excluding ortho intramolecular Hbond substituents is 1. The molecule has 0 aromatic heterocycles. The lowest BCUT2D eigenvalue weighted by Crippen LogP contribution is -2.37. The first-order valence-corrected chi connectivity index (χ1v) is 8.27. The summed E-state index contributed by atoms with van der Waals surface area (Å²) in [6.45, 7) is 0. The fraction of sp³-hybridized carbons (Fsp3) is 0.364. The highest BCUT2D eigenvalue weighted by Crippen LogP contribution is 2.26. The van der Waals surface area contributed by atoms with Crippen LogP contribution in [-0.2, 0) is 14.6 Å². The average Bonchev–Trinajstić information content (AvgIpc) is 2.29. The SMILES string of the molecule is CS(=O)(=O)CCC(N)C(=O)Nc1cc(Br)ccc1O. The molecule has 0 saturated heterocycles. The second-order valence-electron chi connectivity index (χ2n) is 4.18. The van der Waals surface area contributed by atoms with Crippen LogP contribution in [0, 0.1) is 0 Å². The summed E-state index contributed by atoms with van der Waals surface area (Å²) in [6, 6.07) is 3.61. The fourth-order valence-electron chi connectivity index (χ4n) is 1.31. The standard InChI is InChI=1S/C11H15BrN2O4S/c1-19(17,18)5-4-8(13)11(16)14-9-6-7(12)2-3-10(9)15/h2-3,6,8,15H,4-5,13H2,1H3,(H,14,16). The molecule has 0 fully saturated rings. The van der Waals surface area contributed by atoms with Crippen molar-refractivity contribution in [1.29, 1.82) is 0 Å². The maximum atomic E-state index is 11.7. The van der Waals surface area contributed by atoms with E-state index in [0.717, 1.165) is 6.26 Å². The Morgan fingerprint density at radius 3 is 2.74 bits per heavy atom. The molecule has 19 heavy (non-hydrogen) atoms. The van der Waals surface area contributed by atoms with Gasteiger partial charge in [-0.1, -0.05) is 15.9 Å². The van der Waals surface area contributed by atoms with Crippen LogP contribution in [0.25, 0.3) is 0 Å². The molecule has 0 heterocycles. The summed E-state index contributed by atoms with van der Waals surface area (Å²) in [6.07, 6.45) is 1.11. The van der Waals surface area contributed by atoms with Gasteiger partial charge < -0.3 is 16.2 Å². The van der Waals surface area contributed by atoms with Crippen molar-refractivity contribution in [3.05, 3.63) is 22.7 Å². The van der Waals surface area contributed by atoms with Crippen molar-refractivity contribution in [2.75, 3.05) is 17.3 Å². The van der Waals surface area contributed by atoms with Gasteiger partial charge in [0, 0.05) is 10.7 Å². The largest absolute Gasteiger partial charge is 0.506 e. The van der Waals surface area contributed by atoms with Crippen molar-refractivity contribution in [3.8, 4) is 5.75 Å². The molecule has 1 atom stereocenters. The van der Waals surface area contributed by atoms with E-state index in [1.165, 1.54) is 12.1 Å². The van der Waals surface area contributed by atoms with Crippen LogP contribution in [0.2, 0.25) is 0 Å². The summed E-state index contributed by atoms with van der Waals surface area (Å²) in [5.74, 6) is -0.796. The Hall–Kier alpha value is -1.12. The van der Waals surface area contributed by atoms with Gasteiger partial charge in [-0.3, -0.25) is 4.79 Å². The molecule has 106 valence electrons. The van der Waals surface area contributed by atoms with Crippen molar-refractivity contribution in [3.63, 3.8) is 0 Å². The number of hydrogen-bond donors (Lipinski definition) is 3. The first-order chi connectivity index (χ1) is 8.69. The molecule has 0 aliphatic rings. The van der Waals surface area contributed by atoms with Crippen molar-refractivity contribution in [2.45, 2.75) is 12.5 Å². The van der Waals surface area contributed by atoms with Gasteiger partial charge in [0.15, 0.2) is 0 Å². The molecule has 0 spiro atoms. The van der Waals surface area contributed by atoms with Gasteiger partial charge in [-0.15, -0.1) is 0 Å². The van der Waals surface area contributed by atoms with Gasteiger partial charge in [-0.05, 0) is 24.6 Å². The van der Waals surface area contributed by atoms with Crippen molar-refractivity contribution in [2.24, 2.45) is 5.73 Å². The van der Waals surface area contributed by atoms with Crippen molar-refractivity contribution < 1.29 is 18.3 Å². The van der Waals surface area contributed by atoms with Crippen LogP contribution in [-0.4, -0.2) is 37.5 Å². The van der Waals surface area contributed by atoms with Gasteiger partial charge in [0.05, 0.1) is 17.5 Å². The number of phenols is 1. The maximum Gasteiger partial charge on any atom is 0.241 e. The van der Waals surface area contributed by atoms with Gasteiger partial charge in [0.25, 0.3) is 0 Å². The number of nitrogens with two attached hydrogens (primary N) is 1. The molecule has 1 rings (SSSR count). The smallest absolute Gasteiger partial charge is 0.241 e. The molecule has 0 bridgehead atoms. The summed E-state index contributed by atoms with van der Waals surface area (Å²) in [5, 5.41) is 12.0. The molecule has 6 nitrogen and oxygen atoms in total. The van der Waals surface area contributed by atoms with Crippen molar-refractivity contribution >= 4 is 37.4 Å². The molecule has 0 aliphatic heterocycles. The number of anilines is 1. The number of hydrogen-bond acceptors (Lipinski definition) is 5. The molecule has 1 amide bonds. The first kappa shape index (κ1) is 15.9. The van der Waals surface area contributed by atoms with E-state index in [1.807, 2.05) is 0 Å². The zero-order valence-electron chi connectivity index (χ0n) is 10.3. The van der Waals surface area contributed by atoms with Crippen molar-refractivity contribution in [1.82, 2.24) is 0 Å². The van der Waals surface area contributed by atoms with Gasteiger partial charge in [0.2, 0.25) is 5.91 Å². The lowest BCUT2D eigenvalue weighted by atomic mass is 10.2. The van der Waals surface area contributed by atoms with E-state index in [1.54, 1.807) is 6.07 Å². The molecule has 1 aromatic rings. The molecule has 8 heteroatoms. The molecule has 1 unspecified atom stereocenters. The Bertz CT molecular complexity index is 574. The summed E-state index contributed by atoms with van der Waals surface area (Å²) in [4.78, 5) is 11.7. The topological polar surface area (TPSA) is 109 Å². The van der Waals surface area contributed by atoms with Crippen LogP contribution in [0.15, 0.2) is 22.7 Å². The van der Waals surface area contributed by atoms with E-state index >= 15 is 0 Å². The Morgan fingerprint density at radius 2 is 2.16 bits per heavy atom. The van der Waals surface area contributed by atoms with Gasteiger partial charge >= 0.3 is 0 Å². The normalized spacial score (nSPS) is 13.0. The number of carbonyl (C=O) groups excluding carboxylic acids is 1. The molecule has 0 aliphatic carbocycles. The monoisotopic (exact) mass is 350 g/mol. The number of amides is 1. The Morgan fingerprint density at radius 1 is 1.53 bits per heavy atom. The number of aromatic hydroxyl groups is 1. The van der Waals surface area contributed by atoms with Crippen LogP contribution < -0.4 is 11.1 Å². The number of nitrogens with one attached hydrogen (secondary N) is 1. The number of halogens is 1. The zero-order chi connectivity index (χ0) is 14.6. The minimum atomic E-state index is -3.16. The van der Waals surface area contributed by atoms with E-state index in [4.69, 9.17) is 5.73 Å². The van der Waals surface area contributed by atoms with Crippen LogP contribution in [0.4, 0.5) is 5.69 Å². The second-order valence-corrected chi connectivity index (χ2v) is 7.35. The van der Waals surface area contributed by atoms with Crippen LogP contribution >= 0.6 is 15.9 Å². The van der Waals surface area contributed by atoms with Gasteiger partial charge in [0.1, 0.15) is 15.6 Å². The minimum Gasteiger partial charge on any atom is -0.506 e. The summed E-state index contributed by atoms with van der Waals surface area (Å²) in [5.41, 5.74) is 5.81. The Balaban J connectivity index is 2.66. The van der Waals surface area contributed by atoms with E-state index < -0.39 is 21.8 Å². The molecule has 1 aromatic carbocycles. The highest BCUT2D eigenvalue weighted by atomic mass is 79.9. The maximum absolute atomic E-state index is 11.7. The lowest BCUT2D eigenvalue weighted by Gasteiger charge is -2.12. The van der Waals surface area contributed by atoms with E-state index in [0.29, 0.717) is 4.47 Å². The van der Waals surface area contributed by atoms with E-state index in [9.17, 15) is 18.3 Å². The van der Waals surface area contributed by atoms with Gasteiger partial charge in [-0.25, -0.2) is 8.42 Å². The Kier molecular flexibility index (Phi) is 5.33. The van der Waals surface area contributed by atoms with E-state index in [-0.39, 0.29) is 23.6 Å². The lowest BCUT2D eigenvalue weighted by molar-refractivity contribution is -0.117. The molecule has 0 saturated carbocycles. The van der Waals surface area contributed by atoms with Crippen LogP contribution in [0.3, 0.4) is 0 Å². The third-order valence-corrected chi connectivity index (χ3v) is 3.82. The predicted octanol–water partition coefficient (Wildman–Crippen LogP) is 0.855.